The summed E-state index contributed by atoms with van der Waals surface area (Å²) in [5.41, 5.74) is -9.18. The van der Waals surface area contributed by atoms with E-state index in [1.54, 1.807) is 13.0 Å². The first-order chi connectivity index (χ1) is 19.0. The van der Waals surface area contributed by atoms with Gasteiger partial charge in [0.05, 0.1) is 34.6 Å². The van der Waals surface area contributed by atoms with Gasteiger partial charge in [0.2, 0.25) is 0 Å². The SMILES string of the molecule is CC(=O)[C@@]12[C@H]3[C@H](C)C=C4OC(=O)[C@@](C)(O)[C@]4(C)[C@@H]3C[C@H]1[C@@H]1[C@H](O)C(=O)[C@@]3(O)C[C@@H]4O[C@@H]4[C@H](O)[C@]3(C(C)=O)[C@H]1C[C@@H]2O. The highest BCUT2D eigenvalue weighted by Gasteiger charge is 2.84. The molecule has 5 aliphatic carbocycles. The van der Waals surface area contributed by atoms with E-state index in [-0.39, 0.29) is 31.0 Å². The van der Waals surface area contributed by atoms with Crippen molar-refractivity contribution < 1.29 is 54.2 Å². The summed E-state index contributed by atoms with van der Waals surface area (Å²) in [7, 11) is 0. The summed E-state index contributed by atoms with van der Waals surface area (Å²) in [6, 6.07) is 0. The summed E-state index contributed by atoms with van der Waals surface area (Å²) in [5, 5.41) is 58.8. The van der Waals surface area contributed by atoms with E-state index in [0.717, 1.165) is 0 Å². The molecule has 4 saturated carbocycles. The number of epoxide rings is 1. The predicted octanol–water partition coefficient (Wildman–Crippen LogP) is -0.559. The molecule has 7 aliphatic rings. The maximum atomic E-state index is 14.0. The third-order valence-corrected chi connectivity index (χ3v) is 13.3. The number of esters is 1. The molecule has 0 bridgehead atoms. The van der Waals surface area contributed by atoms with Crippen LogP contribution in [0.3, 0.4) is 0 Å². The average Bonchev–Trinajstić information content (AvgIpc) is 3.50. The molecule has 5 N–H and O–H groups in total. The van der Waals surface area contributed by atoms with Crippen molar-refractivity contribution in [1.29, 1.82) is 0 Å². The standard InChI is InChI=1S/C30H38O11/c1-10-6-18-26(4,27(5,38)25(37)41-18)15-7-13-19-14(8-17(33)29(13,11(2)31)20(10)15)30(12(3)32)24(36)22-16(40-22)9-28(30,39)23(35)21(19)34/h6,10,13-17,19-22,24,33-34,36,38-39H,7-9H2,1-5H3/t10-,13+,14+,15-,16+,17+,19+,20+,21+,22+,24+,26-,27-,28+,29-,30+/m1/s1. The van der Waals surface area contributed by atoms with Crippen molar-refractivity contribution in [2.75, 3.05) is 0 Å². The molecule has 11 heteroatoms. The van der Waals surface area contributed by atoms with E-state index in [4.69, 9.17) is 9.47 Å². The maximum absolute atomic E-state index is 14.0. The monoisotopic (exact) mass is 574 g/mol. The Morgan fingerprint density at radius 2 is 1.63 bits per heavy atom. The smallest absolute Gasteiger partial charge is 0.343 e. The summed E-state index contributed by atoms with van der Waals surface area (Å²) in [6.07, 6.45) is -4.75. The second-order valence-electron chi connectivity index (χ2n) is 14.3. The van der Waals surface area contributed by atoms with Crippen LogP contribution in [0.5, 0.6) is 0 Å². The largest absolute Gasteiger partial charge is 0.429 e. The Balaban J connectivity index is 1.45. The minimum Gasteiger partial charge on any atom is -0.429 e. The summed E-state index contributed by atoms with van der Waals surface area (Å²) in [5.74, 6) is -7.07. The number of carbonyl (C=O) groups is 4. The lowest BCUT2D eigenvalue weighted by atomic mass is 9.39. The van der Waals surface area contributed by atoms with Crippen molar-refractivity contribution >= 4 is 23.3 Å². The Hall–Kier alpha value is -2.02. The summed E-state index contributed by atoms with van der Waals surface area (Å²) < 4.78 is 11.1. The van der Waals surface area contributed by atoms with Crippen molar-refractivity contribution in [2.45, 2.75) is 95.6 Å². The molecule has 11 nitrogen and oxygen atoms in total. The van der Waals surface area contributed by atoms with Crippen LogP contribution < -0.4 is 0 Å². The molecule has 2 saturated heterocycles. The lowest BCUT2D eigenvalue weighted by Crippen LogP contribution is -2.79. The molecule has 0 radical (unpaired) electrons. The van der Waals surface area contributed by atoms with Crippen LogP contribution in [0, 0.1) is 51.8 Å². The second kappa shape index (κ2) is 7.73. The fourth-order valence-electron chi connectivity index (χ4n) is 11.5. The van der Waals surface area contributed by atoms with Crippen LogP contribution in [0.1, 0.15) is 53.9 Å². The molecule has 0 aromatic carbocycles. The Morgan fingerprint density at radius 3 is 2.24 bits per heavy atom. The highest BCUT2D eigenvalue weighted by Crippen LogP contribution is 2.75. The van der Waals surface area contributed by atoms with E-state index in [9.17, 15) is 44.7 Å². The van der Waals surface area contributed by atoms with Gasteiger partial charge in [-0.3, -0.25) is 14.4 Å². The average molecular weight is 575 g/mol. The zero-order chi connectivity index (χ0) is 30.0. The van der Waals surface area contributed by atoms with Crippen molar-refractivity contribution in [3.8, 4) is 0 Å². The van der Waals surface area contributed by atoms with E-state index in [2.05, 4.69) is 0 Å². The number of rotatable bonds is 2. The van der Waals surface area contributed by atoms with E-state index < -0.39 is 105 Å². The van der Waals surface area contributed by atoms with E-state index >= 15 is 0 Å². The lowest BCUT2D eigenvalue weighted by Gasteiger charge is -2.65. The third kappa shape index (κ3) is 2.62. The van der Waals surface area contributed by atoms with Gasteiger partial charge >= 0.3 is 5.97 Å². The molecule has 0 spiro atoms. The molecule has 0 aromatic heterocycles. The number of allylic oxidation sites excluding steroid dienone is 1. The Labute approximate surface area is 236 Å². The zero-order valence-electron chi connectivity index (χ0n) is 23.7. The van der Waals surface area contributed by atoms with Crippen LogP contribution in [0.15, 0.2) is 11.8 Å². The number of hydrogen-bond donors (Lipinski definition) is 5. The Bertz CT molecular complexity index is 1340. The van der Waals surface area contributed by atoms with Gasteiger partial charge in [0.1, 0.15) is 35.1 Å². The molecule has 0 unspecified atom stereocenters. The molecule has 7 rings (SSSR count). The van der Waals surface area contributed by atoms with Crippen molar-refractivity contribution in [1.82, 2.24) is 0 Å². The van der Waals surface area contributed by atoms with Gasteiger partial charge in [0, 0.05) is 12.3 Å². The van der Waals surface area contributed by atoms with Gasteiger partial charge in [-0.2, -0.15) is 0 Å². The molecular formula is C30H38O11. The normalized spacial score (nSPS) is 60.0. The van der Waals surface area contributed by atoms with Crippen LogP contribution in [-0.4, -0.2) is 90.6 Å². The lowest BCUT2D eigenvalue weighted by molar-refractivity contribution is -0.254. The number of Topliss-reactive ketones (excluding diaryl/α,β-unsaturated/α-hetero) is 3. The molecule has 16 atom stereocenters. The molecule has 2 heterocycles. The van der Waals surface area contributed by atoms with Crippen molar-refractivity contribution in [3.63, 3.8) is 0 Å². The number of ether oxygens (including phenoxy) is 2. The summed E-state index contributed by atoms with van der Waals surface area (Å²) in [6.45, 7) is 7.50. The number of fused-ring (bicyclic) bond motifs is 10. The van der Waals surface area contributed by atoms with Crippen LogP contribution >= 0.6 is 0 Å². The van der Waals surface area contributed by atoms with Gasteiger partial charge in [-0.05, 0) is 76.2 Å². The summed E-state index contributed by atoms with van der Waals surface area (Å²) >= 11 is 0. The molecule has 6 fully saturated rings. The van der Waals surface area contributed by atoms with Gasteiger partial charge in [0.15, 0.2) is 11.4 Å². The van der Waals surface area contributed by atoms with Gasteiger partial charge in [0.25, 0.3) is 0 Å². The van der Waals surface area contributed by atoms with Crippen molar-refractivity contribution in [3.05, 3.63) is 11.8 Å². The molecule has 2 aliphatic heterocycles. The topological polar surface area (TPSA) is 191 Å². The quantitative estimate of drug-likeness (QED) is 0.210. The van der Waals surface area contributed by atoms with Gasteiger partial charge in [-0.25, -0.2) is 4.79 Å². The number of ketones is 3. The van der Waals surface area contributed by atoms with E-state index in [1.165, 1.54) is 20.8 Å². The first-order valence-corrected chi connectivity index (χ1v) is 14.6. The predicted molar refractivity (Wildman–Crippen MR) is 136 cm³/mol. The Morgan fingerprint density at radius 1 is 0.976 bits per heavy atom. The molecule has 0 amide bonds. The van der Waals surface area contributed by atoms with E-state index in [1.807, 2.05) is 6.92 Å². The Kier molecular flexibility index (Phi) is 5.24. The van der Waals surface area contributed by atoms with Gasteiger partial charge in [-0.1, -0.05) is 6.92 Å². The molecule has 41 heavy (non-hydrogen) atoms. The second-order valence-corrected chi connectivity index (χ2v) is 14.3. The van der Waals surface area contributed by atoms with Gasteiger partial charge in [-0.15, -0.1) is 0 Å². The number of carbonyl (C=O) groups excluding carboxylic acids is 4. The highest BCUT2D eigenvalue weighted by atomic mass is 16.6. The number of aliphatic hydroxyl groups is 5. The fraction of sp³-hybridized carbons (Fsp3) is 0.800. The number of aliphatic hydroxyl groups excluding tert-OH is 3. The number of hydrogen-bond acceptors (Lipinski definition) is 11. The first kappa shape index (κ1) is 27.8. The maximum Gasteiger partial charge on any atom is 0.343 e. The fourth-order valence-corrected chi connectivity index (χ4v) is 11.5. The first-order valence-electron chi connectivity index (χ1n) is 14.6. The van der Waals surface area contributed by atoms with Crippen molar-refractivity contribution in [2.24, 2.45) is 51.8 Å². The van der Waals surface area contributed by atoms with E-state index in [0.29, 0.717) is 5.76 Å². The van der Waals surface area contributed by atoms with Gasteiger partial charge < -0.3 is 35.0 Å². The highest BCUT2D eigenvalue weighted by molar-refractivity contribution is 6.02. The zero-order valence-corrected chi connectivity index (χ0v) is 23.7. The third-order valence-electron chi connectivity index (χ3n) is 13.3. The van der Waals surface area contributed by atoms with Crippen LogP contribution in [0.4, 0.5) is 0 Å². The van der Waals surface area contributed by atoms with Crippen LogP contribution in [-0.2, 0) is 28.7 Å². The molecular weight excluding hydrogens is 536 g/mol. The summed E-state index contributed by atoms with van der Waals surface area (Å²) in [4.78, 5) is 54.3. The van der Waals surface area contributed by atoms with Crippen LogP contribution in [0.25, 0.3) is 0 Å². The minimum absolute atomic E-state index is 0.128. The molecule has 0 aromatic rings. The molecule has 224 valence electrons. The minimum atomic E-state index is -2.42. The van der Waals surface area contributed by atoms with Crippen LogP contribution in [0.2, 0.25) is 0 Å².